The molecule has 6 heteroatoms. The highest BCUT2D eigenvalue weighted by atomic mass is 19.1. The van der Waals surface area contributed by atoms with Gasteiger partial charge in [-0.05, 0) is 12.1 Å². The molecule has 13 heavy (non-hydrogen) atoms. The van der Waals surface area contributed by atoms with E-state index in [-0.39, 0.29) is 5.69 Å². The summed E-state index contributed by atoms with van der Waals surface area (Å²) in [5, 5.41) is 10.1. The van der Waals surface area contributed by atoms with Gasteiger partial charge in [0.1, 0.15) is 11.5 Å². The molecule has 0 spiro atoms. The minimum absolute atomic E-state index is 0.0311. The second kappa shape index (κ2) is 5.02. The lowest BCUT2D eigenvalue weighted by Crippen LogP contribution is -1.95. The zero-order chi connectivity index (χ0) is 10.4. The maximum atomic E-state index is 12.3. The van der Waals surface area contributed by atoms with Crippen molar-refractivity contribution in [3.05, 3.63) is 34.1 Å². The molecule has 0 aliphatic rings. The van der Waals surface area contributed by atoms with E-state index in [1.807, 2.05) is 0 Å². The summed E-state index contributed by atoms with van der Waals surface area (Å²) in [6.07, 6.45) is 0. The molecule has 0 amide bonds. The van der Waals surface area contributed by atoms with Crippen LogP contribution in [0, 0.1) is 15.9 Å². The van der Waals surface area contributed by atoms with Crippen LogP contribution in [-0.2, 0) is 0 Å². The summed E-state index contributed by atoms with van der Waals surface area (Å²) < 4.78 is 21.8. The maximum absolute atomic E-state index is 12.3. The van der Waals surface area contributed by atoms with Crippen molar-refractivity contribution in [2.24, 2.45) is 0 Å². The van der Waals surface area contributed by atoms with E-state index >= 15 is 0 Å². The molecule has 0 unspecified atom stereocenters. The molecule has 0 saturated carbocycles. The molecule has 4 nitrogen and oxygen atoms in total. The Hall–Kier alpha value is -1.72. The summed E-state index contributed by atoms with van der Waals surface area (Å²) in [4.78, 5) is 9.41. The fourth-order valence-electron chi connectivity index (χ4n) is 0.675. The first-order chi connectivity index (χ1) is 6.11. The summed E-state index contributed by atoms with van der Waals surface area (Å²) in [5.41, 5.74) is 4.75. The Morgan fingerprint density at radius 1 is 1.46 bits per heavy atom. The molecule has 2 N–H and O–H groups in total. The van der Waals surface area contributed by atoms with Gasteiger partial charge in [-0.15, -0.1) is 0 Å². The second-order valence-electron chi connectivity index (χ2n) is 1.96. The summed E-state index contributed by atoms with van der Waals surface area (Å²) in [5.74, 6) is -0.661. The van der Waals surface area contributed by atoms with E-state index < -0.39 is 16.4 Å². The lowest BCUT2D eigenvalue weighted by atomic mass is 10.3. The third kappa shape index (κ3) is 3.02. The normalized spacial score (nSPS) is 8.54. The lowest BCUT2D eigenvalue weighted by Gasteiger charge is -1.94. The average molecular weight is 190 g/mol. The predicted molar refractivity (Wildman–Crippen MR) is 44.5 cm³/mol. The van der Waals surface area contributed by atoms with Crippen molar-refractivity contribution in [1.29, 1.82) is 0 Å². The van der Waals surface area contributed by atoms with Gasteiger partial charge in [0, 0.05) is 0 Å². The number of nitrogen functional groups attached to an aromatic ring is 1. The molecule has 1 rings (SSSR count). The van der Waals surface area contributed by atoms with Crippen molar-refractivity contribution in [3.8, 4) is 0 Å². The third-order valence-corrected chi connectivity index (χ3v) is 1.19. The Morgan fingerprint density at radius 2 is 2.00 bits per heavy atom. The molecule has 1 aromatic rings. The Bertz CT molecular complexity index is 305. The SMILES string of the molecule is CF.Nc1ccc(F)cc1[N+](=O)[O-]. The molecular weight excluding hydrogens is 182 g/mol. The largest absolute Gasteiger partial charge is 0.393 e. The molecule has 0 bridgehead atoms. The number of nitro benzene ring substituents is 1. The molecule has 0 atom stereocenters. The molecule has 0 heterocycles. The van der Waals surface area contributed by atoms with E-state index in [1.165, 1.54) is 0 Å². The van der Waals surface area contributed by atoms with Gasteiger partial charge in [-0.25, -0.2) is 4.39 Å². The second-order valence-corrected chi connectivity index (χ2v) is 1.96. The zero-order valence-corrected chi connectivity index (χ0v) is 6.83. The molecule has 0 aromatic heterocycles. The van der Waals surface area contributed by atoms with E-state index in [0.29, 0.717) is 7.18 Å². The van der Waals surface area contributed by atoms with Crippen LogP contribution in [0.25, 0.3) is 0 Å². The molecule has 1 aromatic carbocycles. The van der Waals surface area contributed by atoms with Crippen LogP contribution >= 0.6 is 0 Å². The van der Waals surface area contributed by atoms with Gasteiger partial charge in [0.05, 0.1) is 18.2 Å². The number of alkyl halides is 1. The molecular formula is C7H8F2N2O2. The first kappa shape index (κ1) is 11.3. The monoisotopic (exact) mass is 190 g/mol. The topological polar surface area (TPSA) is 69.2 Å². The number of benzene rings is 1. The summed E-state index contributed by atoms with van der Waals surface area (Å²) in [6, 6.07) is 3.02. The van der Waals surface area contributed by atoms with Gasteiger partial charge in [-0.1, -0.05) is 0 Å². The highest BCUT2D eigenvalue weighted by molar-refractivity contribution is 5.57. The minimum atomic E-state index is -0.724. The quantitative estimate of drug-likeness (QED) is 0.417. The van der Waals surface area contributed by atoms with E-state index in [1.54, 1.807) is 0 Å². The summed E-state index contributed by atoms with van der Waals surface area (Å²) in [6.45, 7) is 0. The lowest BCUT2D eigenvalue weighted by molar-refractivity contribution is -0.384. The number of nitrogens with two attached hydrogens (primary N) is 1. The highest BCUT2D eigenvalue weighted by Gasteiger charge is 2.10. The van der Waals surface area contributed by atoms with Gasteiger partial charge in [-0.3, -0.25) is 14.5 Å². The van der Waals surface area contributed by atoms with Gasteiger partial charge in [0.15, 0.2) is 0 Å². The minimum Gasteiger partial charge on any atom is -0.393 e. The van der Waals surface area contributed by atoms with Crippen molar-refractivity contribution in [1.82, 2.24) is 0 Å². The Morgan fingerprint density at radius 3 is 2.38 bits per heavy atom. The number of halogens is 2. The van der Waals surface area contributed by atoms with Gasteiger partial charge in [0.25, 0.3) is 5.69 Å². The highest BCUT2D eigenvalue weighted by Crippen LogP contribution is 2.20. The van der Waals surface area contributed by atoms with Gasteiger partial charge >= 0.3 is 0 Å². The first-order valence-corrected chi connectivity index (χ1v) is 3.18. The van der Waals surface area contributed by atoms with Crippen LogP contribution in [0.15, 0.2) is 18.2 Å². The van der Waals surface area contributed by atoms with Crippen LogP contribution in [0.4, 0.5) is 20.2 Å². The van der Waals surface area contributed by atoms with Crippen LogP contribution in [0.1, 0.15) is 0 Å². The first-order valence-electron chi connectivity index (χ1n) is 3.18. The van der Waals surface area contributed by atoms with Crippen molar-refractivity contribution in [2.45, 2.75) is 0 Å². The zero-order valence-electron chi connectivity index (χ0n) is 6.83. The number of hydrogen-bond donors (Lipinski definition) is 1. The Kier molecular flexibility index (Phi) is 4.36. The van der Waals surface area contributed by atoms with E-state index in [9.17, 15) is 18.9 Å². The fourth-order valence-corrected chi connectivity index (χ4v) is 0.675. The molecule has 0 aliphatic heterocycles. The molecule has 0 aliphatic carbocycles. The standard InChI is InChI=1S/C6H5FN2O2.CH3F/c7-4-1-2-5(8)6(3-4)9(10)11;1-2/h1-3H,8H2;1H3. The van der Waals surface area contributed by atoms with Crippen molar-refractivity contribution in [2.75, 3.05) is 12.9 Å². The number of nitrogens with zero attached hydrogens (tertiary/aromatic N) is 1. The van der Waals surface area contributed by atoms with Crippen LogP contribution < -0.4 is 5.73 Å². The van der Waals surface area contributed by atoms with Crippen LogP contribution in [0.5, 0.6) is 0 Å². The van der Waals surface area contributed by atoms with Crippen molar-refractivity contribution in [3.63, 3.8) is 0 Å². The van der Waals surface area contributed by atoms with Gasteiger partial charge < -0.3 is 5.73 Å². The molecule has 72 valence electrons. The molecule has 0 fully saturated rings. The third-order valence-electron chi connectivity index (χ3n) is 1.19. The number of rotatable bonds is 1. The van der Waals surface area contributed by atoms with Crippen LogP contribution in [-0.4, -0.2) is 12.1 Å². The van der Waals surface area contributed by atoms with Crippen LogP contribution in [0.3, 0.4) is 0 Å². The fraction of sp³-hybridized carbons (Fsp3) is 0.143. The van der Waals surface area contributed by atoms with Gasteiger partial charge in [-0.2, -0.15) is 0 Å². The van der Waals surface area contributed by atoms with E-state index in [0.717, 1.165) is 18.2 Å². The number of hydrogen-bond acceptors (Lipinski definition) is 3. The smallest absolute Gasteiger partial charge is 0.295 e. The van der Waals surface area contributed by atoms with Gasteiger partial charge in [0.2, 0.25) is 0 Å². The Labute approximate surface area is 73.1 Å². The maximum Gasteiger partial charge on any atom is 0.295 e. The van der Waals surface area contributed by atoms with Crippen LogP contribution in [0.2, 0.25) is 0 Å². The number of nitro groups is 1. The van der Waals surface area contributed by atoms with E-state index in [2.05, 4.69) is 0 Å². The summed E-state index contributed by atoms with van der Waals surface area (Å²) in [7, 11) is 0.500. The molecule has 0 radical (unpaired) electrons. The van der Waals surface area contributed by atoms with E-state index in [4.69, 9.17) is 5.73 Å². The summed E-state index contributed by atoms with van der Waals surface area (Å²) >= 11 is 0. The van der Waals surface area contributed by atoms with Crippen molar-refractivity contribution < 1.29 is 13.7 Å². The average Bonchev–Trinajstić information content (AvgIpc) is 2.12. The molecule has 0 saturated heterocycles. The number of anilines is 1. The van der Waals surface area contributed by atoms with Crippen molar-refractivity contribution >= 4 is 11.4 Å². The predicted octanol–water partition coefficient (Wildman–Crippen LogP) is 1.90. The Balaban J connectivity index is 0.000000671.